The van der Waals surface area contributed by atoms with E-state index < -0.39 is 124 Å². The number of nitrogens with one attached hydrogen (secondary N) is 1. The molecule has 0 bridgehead atoms. The van der Waals surface area contributed by atoms with Crippen molar-refractivity contribution >= 4 is 5.91 Å². The van der Waals surface area contributed by atoms with Gasteiger partial charge in [-0.3, -0.25) is 4.79 Å². The molecule has 540 valence electrons. The largest absolute Gasteiger partial charge is 0.394 e. The van der Waals surface area contributed by atoms with Crippen LogP contribution in [-0.2, 0) is 33.2 Å². The van der Waals surface area contributed by atoms with Crippen LogP contribution in [-0.4, -0.2) is 193 Å². The summed E-state index contributed by atoms with van der Waals surface area (Å²) in [5.74, 6) is -0.237. The molecule has 3 heterocycles. The Morgan fingerprint density at radius 2 is 0.626 bits per heavy atom. The van der Waals surface area contributed by atoms with Crippen LogP contribution in [0.1, 0.15) is 322 Å². The summed E-state index contributed by atoms with van der Waals surface area (Å²) in [7, 11) is 0. The number of ether oxygens (including phenoxy) is 6. The second kappa shape index (κ2) is 54.8. The first-order valence-electron chi connectivity index (χ1n) is 37.8. The van der Waals surface area contributed by atoms with Crippen molar-refractivity contribution in [3.63, 3.8) is 0 Å². The minimum Gasteiger partial charge on any atom is -0.394 e. The van der Waals surface area contributed by atoms with Crippen LogP contribution < -0.4 is 5.32 Å². The molecule has 3 saturated heterocycles. The number of aliphatic hydroxyl groups excluding tert-OH is 11. The fourth-order valence-electron chi connectivity index (χ4n) is 13.3. The SMILES string of the molecule is CCCCCCCCCCCCCCCCCCCCCCCCCCCCCCCCCCCC(O)C(COC1OC(CO)C(OC2OC(CO)C(OC3OC(CO)C(O)C(O)C3O)C(O)C2O)C(O)C1O)NC(=O)CCCCCCCCCCCCCCC. The molecular formula is C72H139NO18. The number of amides is 1. The Morgan fingerprint density at radius 3 is 0.956 bits per heavy atom. The molecule has 17 unspecified atom stereocenters. The topological polar surface area (TPSA) is 307 Å². The van der Waals surface area contributed by atoms with Gasteiger partial charge in [0.2, 0.25) is 5.91 Å². The summed E-state index contributed by atoms with van der Waals surface area (Å²) in [6, 6.07) is -0.881. The lowest BCUT2D eigenvalue weighted by Gasteiger charge is -2.48. The van der Waals surface area contributed by atoms with Crippen molar-refractivity contribution in [1.29, 1.82) is 0 Å². The fraction of sp³-hybridized carbons (Fsp3) is 0.986. The summed E-state index contributed by atoms with van der Waals surface area (Å²) in [4.78, 5) is 13.4. The van der Waals surface area contributed by atoms with Gasteiger partial charge in [0.05, 0.1) is 38.6 Å². The molecule has 19 heteroatoms. The number of hydrogen-bond donors (Lipinski definition) is 12. The van der Waals surface area contributed by atoms with Crippen LogP contribution in [0.3, 0.4) is 0 Å². The van der Waals surface area contributed by atoms with Crippen molar-refractivity contribution in [2.24, 2.45) is 0 Å². The molecule has 0 saturated carbocycles. The molecule has 12 N–H and O–H groups in total. The summed E-state index contributed by atoms with van der Waals surface area (Å²) < 4.78 is 34.4. The van der Waals surface area contributed by atoms with Gasteiger partial charge in [-0.05, 0) is 12.8 Å². The van der Waals surface area contributed by atoms with Crippen LogP contribution >= 0.6 is 0 Å². The van der Waals surface area contributed by atoms with E-state index in [2.05, 4.69) is 19.2 Å². The van der Waals surface area contributed by atoms with Gasteiger partial charge in [0, 0.05) is 6.42 Å². The molecule has 0 aromatic rings. The highest BCUT2D eigenvalue weighted by Gasteiger charge is 2.53. The van der Waals surface area contributed by atoms with Crippen LogP contribution in [0.15, 0.2) is 0 Å². The maximum atomic E-state index is 13.4. The Hall–Kier alpha value is -1.21. The van der Waals surface area contributed by atoms with E-state index in [1.54, 1.807) is 0 Å². The van der Waals surface area contributed by atoms with E-state index in [4.69, 9.17) is 28.4 Å². The average molecular weight is 1310 g/mol. The van der Waals surface area contributed by atoms with Gasteiger partial charge < -0.3 is 89.9 Å². The number of unbranched alkanes of at least 4 members (excludes halogenated alkanes) is 44. The second-order valence-electron chi connectivity index (χ2n) is 27.5. The molecule has 3 aliphatic rings. The van der Waals surface area contributed by atoms with Gasteiger partial charge >= 0.3 is 0 Å². The number of aliphatic hydroxyl groups is 11. The summed E-state index contributed by atoms with van der Waals surface area (Å²) >= 11 is 0. The van der Waals surface area contributed by atoms with Crippen molar-refractivity contribution in [2.45, 2.75) is 426 Å². The average Bonchev–Trinajstić information content (AvgIpc) is 0.864. The van der Waals surface area contributed by atoms with Gasteiger partial charge in [-0.25, -0.2) is 0 Å². The quantitative estimate of drug-likeness (QED) is 0.0252. The minimum absolute atomic E-state index is 0.237. The number of hydrogen-bond acceptors (Lipinski definition) is 18. The third kappa shape index (κ3) is 36.3. The number of carbonyl (C=O) groups excluding carboxylic acids is 1. The lowest BCUT2D eigenvalue weighted by molar-refractivity contribution is -0.379. The molecule has 3 aliphatic heterocycles. The predicted molar refractivity (Wildman–Crippen MR) is 356 cm³/mol. The summed E-state index contributed by atoms with van der Waals surface area (Å²) in [5, 5.41) is 121. The number of carbonyl (C=O) groups is 1. The van der Waals surface area contributed by atoms with Gasteiger partial charge in [-0.1, -0.05) is 303 Å². The molecule has 19 nitrogen and oxygen atoms in total. The van der Waals surface area contributed by atoms with E-state index in [9.17, 15) is 61.0 Å². The summed E-state index contributed by atoms with van der Waals surface area (Å²) in [5.41, 5.74) is 0. The van der Waals surface area contributed by atoms with Crippen LogP contribution in [0.4, 0.5) is 0 Å². The van der Waals surface area contributed by atoms with E-state index in [1.807, 2.05) is 0 Å². The highest BCUT2D eigenvalue weighted by molar-refractivity contribution is 5.76. The maximum Gasteiger partial charge on any atom is 0.220 e. The van der Waals surface area contributed by atoms with Crippen LogP contribution in [0.2, 0.25) is 0 Å². The van der Waals surface area contributed by atoms with Gasteiger partial charge in [-0.2, -0.15) is 0 Å². The fourth-order valence-corrected chi connectivity index (χ4v) is 13.3. The van der Waals surface area contributed by atoms with Crippen molar-refractivity contribution in [2.75, 3.05) is 26.4 Å². The lowest BCUT2D eigenvalue weighted by Crippen LogP contribution is -2.66. The zero-order valence-electron chi connectivity index (χ0n) is 57.4. The summed E-state index contributed by atoms with van der Waals surface area (Å²) in [6.45, 7) is 1.84. The Bertz CT molecular complexity index is 1650. The molecule has 17 atom stereocenters. The van der Waals surface area contributed by atoms with Crippen LogP contribution in [0.5, 0.6) is 0 Å². The predicted octanol–water partition coefficient (Wildman–Crippen LogP) is 11.1. The molecule has 3 rings (SSSR count). The molecule has 1 amide bonds. The van der Waals surface area contributed by atoms with Crippen molar-refractivity contribution in [3.05, 3.63) is 0 Å². The van der Waals surface area contributed by atoms with E-state index in [0.717, 1.165) is 44.9 Å². The maximum absolute atomic E-state index is 13.4. The third-order valence-corrected chi connectivity index (χ3v) is 19.4. The smallest absolute Gasteiger partial charge is 0.220 e. The summed E-state index contributed by atoms with van der Waals surface area (Å²) in [6.07, 6.45) is 33.6. The first-order valence-corrected chi connectivity index (χ1v) is 37.8. The first kappa shape index (κ1) is 84.0. The molecular weight excluding hydrogens is 1170 g/mol. The molecule has 0 radical (unpaired) electrons. The third-order valence-electron chi connectivity index (χ3n) is 19.4. The zero-order chi connectivity index (χ0) is 66.1. The molecule has 0 aromatic carbocycles. The Morgan fingerprint density at radius 1 is 0.352 bits per heavy atom. The Labute approximate surface area is 551 Å². The van der Waals surface area contributed by atoms with Gasteiger partial charge in [-0.15, -0.1) is 0 Å². The highest BCUT2D eigenvalue weighted by atomic mass is 16.8. The number of rotatable bonds is 60. The van der Waals surface area contributed by atoms with E-state index >= 15 is 0 Å². The highest BCUT2D eigenvalue weighted by Crippen LogP contribution is 2.33. The lowest BCUT2D eigenvalue weighted by atomic mass is 9.96. The Kier molecular flexibility index (Phi) is 50.6. The molecule has 0 aliphatic carbocycles. The van der Waals surface area contributed by atoms with Gasteiger partial charge in [0.15, 0.2) is 18.9 Å². The van der Waals surface area contributed by atoms with Crippen molar-refractivity contribution < 1.29 is 89.4 Å². The Balaban J connectivity index is 1.33. The van der Waals surface area contributed by atoms with E-state index in [1.165, 1.54) is 244 Å². The molecule has 91 heavy (non-hydrogen) atoms. The van der Waals surface area contributed by atoms with Crippen molar-refractivity contribution in [3.8, 4) is 0 Å². The van der Waals surface area contributed by atoms with E-state index in [-0.39, 0.29) is 18.9 Å². The molecule has 3 fully saturated rings. The zero-order valence-corrected chi connectivity index (χ0v) is 57.4. The standard InChI is InChI=1S/C72H139NO18/c1-3-5-7-9-11-13-15-17-18-19-20-21-22-23-24-25-26-27-28-29-30-31-32-33-34-35-36-38-39-41-43-45-47-49-56(77)55(73-60(78)50-48-46-44-42-40-37-16-14-12-10-8-6-4-2)54-86-70-66(84)63(81)68(58(52-75)88-70)91-72-67(85)64(82)69(59(53-76)89-72)90-71-65(83)62(80)61(79)57(51-74)87-71/h55-59,61-72,74-77,79-85H,3-54H2,1-2H3,(H,73,78). The van der Waals surface area contributed by atoms with Gasteiger partial charge in [0.1, 0.15) is 73.2 Å². The first-order chi connectivity index (χ1) is 44.3. The van der Waals surface area contributed by atoms with Crippen LogP contribution in [0.25, 0.3) is 0 Å². The van der Waals surface area contributed by atoms with Crippen molar-refractivity contribution in [1.82, 2.24) is 5.32 Å². The van der Waals surface area contributed by atoms with Gasteiger partial charge in [0.25, 0.3) is 0 Å². The molecule has 0 spiro atoms. The second-order valence-corrected chi connectivity index (χ2v) is 27.5. The normalized spacial score (nSPS) is 27.8. The monoisotopic (exact) mass is 1310 g/mol. The van der Waals surface area contributed by atoms with Crippen LogP contribution in [0, 0.1) is 0 Å². The molecule has 0 aromatic heterocycles. The minimum atomic E-state index is -1.97. The van der Waals surface area contributed by atoms with E-state index in [0.29, 0.717) is 12.8 Å².